The Bertz CT molecular complexity index is 683. The van der Waals surface area contributed by atoms with Crippen LogP contribution in [-0.2, 0) is 9.84 Å². The molecule has 0 radical (unpaired) electrons. The molecule has 148 valence electrons. The van der Waals surface area contributed by atoms with Crippen LogP contribution in [0.4, 0.5) is 4.39 Å². The van der Waals surface area contributed by atoms with Crippen LogP contribution in [0.25, 0.3) is 0 Å². The molecule has 2 unspecified atom stereocenters. The largest absolute Gasteiger partial charge is 0.489 e. The summed E-state index contributed by atoms with van der Waals surface area (Å²) < 4.78 is 41.6. The van der Waals surface area contributed by atoms with E-state index in [2.05, 4.69) is 15.6 Å². The van der Waals surface area contributed by atoms with Crippen LogP contribution in [0.5, 0.6) is 5.75 Å². The predicted molar refractivity (Wildman–Crippen MR) is 113 cm³/mol. The molecule has 1 heterocycles. The minimum Gasteiger partial charge on any atom is -0.489 e. The molecule has 1 aromatic carbocycles. The molecule has 1 aliphatic heterocycles. The molecule has 0 aromatic heterocycles. The second-order valence-electron chi connectivity index (χ2n) is 6.25. The standard InChI is InChI=1S/C17H26FN3O3S.HI/c1-3-19-17(21-11-14-8-9-25(22,23)12-14)20-10-13(2)24-16-6-4-15(18)5-7-16;/h4-7,13-14H,3,8-12H2,1-2H3,(H2,19,20,21);1H. The van der Waals surface area contributed by atoms with Gasteiger partial charge in [0.15, 0.2) is 15.8 Å². The molecule has 0 saturated carbocycles. The molecule has 9 heteroatoms. The molecule has 1 fully saturated rings. The summed E-state index contributed by atoms with van der Waals surface area (Å²) in [6, 6.07) is 5.87. The van der Waals surface area contributed by atoms with E-state index in [4.69, 9.17) is 4.74 Å². The first kappa shape index (κ1) is 22.9. The van der Waals surface area contributed by atoms with Gasteiger partial charge in [-0.25, -0.2) is 17.8 Å². The van der Waals surface area contributed by atoms with Crippen molar-refractivity contribution in [3.8, 4) is 5.75 Å². The van der Waals surface area contributed by atoms with Crippen molar-refractivity contribution in [1.29, 1.82) is 0 Å². The summed E-state index contributed by atoms with van der Waals surface area (Å²) in [5.74, 6) is 1.57. The summed E-state index contributed by atoms with van der Waals surface area (Å²) in [5.41, 5.74) is 0. The minimum absolute atomic E-state index is 0. The van der Waals surface area contributed by atoms with Gasteiger partial charge in [0.05, 0.1) is 18.1 Å². The number of halogens is 2. The van der Waals surface area contributed by atoms with Crippen molar-refractivity contribution in [3.63, 3.8) is 0 Å². The van der Waals surface area contributed by atoms with E-state index in [1.165, 1.54) is 12.1 Å². The van der Waals surface area contributed by atoms with Crippen molar-refractivity contribution in [3.05, 3.63) is 30.1 Å². The highest BCUT2D eigenvalue weighted by molar-refractivity contribution is 14.0. The van der Waals surface area contributed by atoms with Gasteiger partial charge < -0.3 is 15.4 Å². The summed E-state index contributed by atoms with van der Waals surface area (Å²) in [4.78, 5) is 4.47. The Balaban J connectivity index is 0.00000338. The SMILES string of the molecule is CCNC(=NCC(C)Oc1ccc(F)cc1)NCC1CCS(=O)(=O)C1.I. The van der Waals surface area contributed by atoms with Crippen LogP contribution in [0, 0.1) is 11.7 Å². The van der Waals surface area contributed by atoms with Crippen LogP contribution < -0.4 is 15.4 Å². The van der Waals surface area contributed by atoms with Gasteiger partial charge in [-0.2, -0.15) is 0 Å². The number of ether oxygens (including phenoxy) is 1. The Morgan fingerprint density at radius 1 is 1.35 bits per heavy atom. The first-order valence-corrected chi connectivity index (χ1v) is 10.3. The van der Waals surface area contributed by atoms with E-state index in [0.717, 1.165) is 0 Å². The molecule has 0 aliphatic carbocycles. The fourth-order valence-electron chi connectivity index (χ4n) is 2.62. The Labute approximate surface area is 171 Å². The predicted octanol–water partition coefficient (Wildman–Crippen LogP) is 2.20. The highest BCUT2D eigenvalue weighted by Gasteiger charge is 2.27. The Morgan fingerprint density at radius 2 is 2.04 bits per heavy atom. The van der Waals surface area contributed by atoms with Crippen LogP contribution in [0.1, 0.15) is 20.3 Å². The fraction of sp³-hybridized carbons (Fsp3) is 0.588. The van der Waals surface area contributed by atoms with Gasteiger partial charge in [-0.15, -0.1) is 24.0 Å². The number of hydrogen-bond acceptors (Lipinski definition) is 4. The van der Waals surface area contributed by atoms with Gasteiger partial charge in [-0.1, -0.05) is 0 Å². The maximum atomic E-state index is 12.9. The molecule has 1 saturated heterocycles. The van der Waals surface area contributed by atoms with E-state index in [-0.39, 0.29) is 53.3 Å². The highest BCUT2D eigenvalue weighted by Crippen LogP contribution is 2.17. The summed E-state index contributed by atoms with van der Waals surface area (Å²) in [7, 11) is -2.87. The maximum absolute atomic E-state index is 12.9. The summed E-state index contributed by atoms with van der Waals surface area (Å²) in [5, 5.41) is 6.33. The van der Waals surface area contributed by atoms with Crippen LogP contribution in [0.15, 0.2) is 29.3 Å². The molecule has 1 aromatic rings. The smallest absolute Gasteiger partial charge is 0.191 e. The zero-order valence-electron chi connectivity index (χ0n) is 15.1. The number of benzene rings is 1. The first-order valence-electron chi connectivity index (χ1n) is 8.53. The van der Waals surface area contributed by atoms with Crippen LogP contribution in [-0.4, -0.2) is 51.6 Å². The van der Waals surface area contributed by atoms with E-state index < -0.39 is 9.84 Å². The van der Waals surface area contributed by atoms with Gasteiger partial charge in [0.2, 0.25) is 0 Å². The van der Waals surface area contributed by atoms with Crippen molar-refractivity contribution >= 4 is 39.8 Å². The molecule has 6 nitrogen and oxygen atoms in total. The van der Waals surface area contributed by atoms with E-state index >= 15 is 0 Å². The lowest BCUT2D eigenvalue weighted by atomic mass is 10.1. The molecule has 0 amide bonds. The molecule has 0 spiro atoms. The second kappa shape index (κ2) is 10.9. The maximum Gasteiger partial charge on any atom is 0.191 e. The topological polar surface area (TPSA) is 79.8 Å². The molecule has 2 N–H and O–H groups in total. The number of hydrogen-bond donors (Lipinski definition) is 2. The Hall–Kier alpha value is -1.10. The van der Waals surface area contributed by atoms with Gasteiger partial charge in [0, 0.05) is 13.1 Å². The van der Waals surface area contributed by atoms with Crippen LogP contribution in [0.3, 0.4) is 0 Å². The molecule has 0 bridgehead atoms. The van der Waals surface area contributed by atoms with Gasteiger partial charge in [-0.3, -0.25) is 0 Å². The van der Waals surface area contributed by atoms with Crippen molar-refractivity contribution in [2.75, 3.05) is 31.1 Å². The highest BCUT2D eigenvalue weighted by atomic mass is 127. The molecule has 2 rings (SSSR count). The van der Waals surface area contributed by atoms with Crippen molar-refractivity contribution in [1.82, 2.24) is 10.6 Å². The number of rotatable bonds is 7. The lowest BCUT2D eigenvalue weighted by Gasteiger charge is -2.16. The van der Waals surface area contributed by atoms with E-state index in [1.807, 2.05) is 13.8 Å². The van der Waals surface area contributed by atoms with Crippen molar-refractivity contribution < 1.29 is 17.5 Å². The third kappa shape index (κ3) is 8.07. The third-order valence-electron chi connectivity index (χ3n) is 3.89. The Kier molecular flexibility index (Phi) is 9.62. The van der Waals surface area contributed by atoms with Crippen LogP contribution >= 0.6 is 24.0 Å². The zero-order valence-corrected chi connectivity index (χ0v) is 18.2. The lowest BCUT2D eigenvalue weighted by molar-refractivity contribution is 0.230. The molecule has 1 aliphatic rings. The number of guanidine groups is 1. The molecular formula is C17H27FIN3O3S. The average Bonchev–Trinajstić information content (AvgIpc) is 2.91. The first-order chi connectivity index (χ1) is 11.9. The monoisotopic (exact) mass is 499 g/mol. The van der Waals surface area contributed by atoms with Gasteiger partial charge in [0.25, 0.3) is 0 Å². The average molecular weight is 499 g/mol. The fourth-order valence-corrected chi connectivity index (χ4v) is 4.48. The zero-order chi connectivity index (χ0) is 18.3. The number of nitrogens with one attached hydrogen (secondary N) is 2. The minimum atomic E-state index is -2.87. The molecule has 26 heavy (non-hydrogen) atoms. The Morgan fingerprint density at radius 3 is 2.62 bits per heavy atom. The summed E-state index contributed by atoms with van der Waals surface area (Å²) in [6.45, 7) is 5.57. The van der Waals surface area contributed by atoms with Gasteiger partial charge >= 0.3 is 0 Å². The number of sulfone groups is 1. The van der Waals surface area contributed by atoms with Gasteiger partial charge in [0.1, 0.15) is 17.7 Å². The van der Waals surface area contributed by atoms with E-state index in [9.17, 15) is 12.8 Å². The van der Waals surface area contributed by atoms with E-state index in [0.29, 0.717) is 37.8 Å². The van der Waals surface area contributed by atoms with Crippen molar-refractivity contribution in [2.45, 2.75) is 26.4 Å². The summed E-state index contributed by atoms with van der Waals surface area (Å²) in [6.07, 6.45) is 0.520. The number of nitrogens with zero attached hydrogens (tertiary/aromatic N) is 1. The normalized spacial score (nSPS) is 20.1. The quantitative estimate of drug-likeness (QED) is 0.342. The van der Waals surface area contributed by atoms with Crippen molar-refractivity contribution in [2.24, 2.45) is 10.9 Å². The lowest BCUT2D eigenvalue weighted by Crippen LogP contribution is -2.40. The van der Waals surface area contributed by atoms with E-state index in [1.54, 1.807) is 12.1 Å². The second-order valence-corrected chi connectivity index (χ2v) is 8.48. The molecule has 2 atom stereocenters. The molecular weight excluding hydrogens is 472 g/mol. The number of aliphatic imine (C=N–C) groups is 1. The third-order valence-corrected chi connectivity index (χ3v) is 5.72. The van der Waals surface area contributed by atoms with Gasteiger partial charge in [-0.05, 0) is 50.5 Å². The van der Waals surface area contributed by atoms with Crippen LogP contribution in [0.2, 0.25) is 0 Å². The summed E-state index contributed by atoms with van der Waals surface area (Å²) >= 11 is 0.